The zero-order valence-electron chi connectivity index (χ0n) is 13.1. The van der Waals surface area contributed by atoms with E-state index in [1.807, 2.05) is 33.0 Å². The average Bonchev–Trinajstić information content (AvgIpc) is 2.85. The molecule has 1 aromatic heterocycles. The summed E-state index contributed by atoms with van der Waals surface area (Å²) in [6.45, 7) is 7.20. The molecule has 5 nitrogen and oxygen atoms in total. The first kappa shape index (κ1) is 16.4. The van der Waals surface area contributed by atoms with Crippen molar-refractivity contribution >= 4 is 23.3 Å². The second kappa shape index (κ2) is 6.83. The topological polar surface area (TPSA) is 64.2 Å². The van der Waals surface area contributed by atoms with Crippen LogP contribution in [0.4, 0.5) is 5.82 Å². The number of carbonyl (C=O) groups excluding carboxylic acids is 1. The maximum atomic E-state index is 12.3. The normalized spacial score (nSPS) is 14.1. The van der Waals surface area contributed by atoms with Gasteiger partial charge in [0.15, 0.2) is 0 Å². The number of amides is 1. The molecule has 2 N–H and O–H groups in total. The van der Waals surface area contributed by atoms with Crippen LogP contribution in [0.1, 0.15) is 35.8 Å². The molecule has 1 aromatic carbocycles. The molecule has 2 aromatic rings. The number of carbonyl (C=O) groups is 1. The van der Waals surface area contributed by atoms with Gasteiger partial charge in [0, 0.05) is 19.3 Å². The van der Waals surface area contributed by atoms with Crippen molar-refractivity contribution in [3.8, 4) is 0 Å². The van der Waals surface area contributed by atoms with E-state index in [0.29, 0.717) is 29.5 Å². The van der Waals surface area contributed by atoms with Crippen molar-refractivity contribution in [2.24, 2.45) is 0 Å². The predicted molar refractivity (Wildman–Crippen MR) is 89.1 cm³/mol. The Bertz CT molecular complexity index is 662. The summed E-state index contributed by atoms with van der Waals surface area (Å²) >= 11 is 6.12. The quantitative estimate of drug-likeness (QED) is 0.924. The van der Waals surface area contributed by atoms with E-state index in [1.54, 1.807) is 27.8 Å². The monoisotopic (exact) mass is 320 g/mol. The van der Waals surface area contributed by atoms with Crippen LogP contribution in [0.25, 0.3) is 0 Å². The van der Waals surface area contributed by atoms with Gasteiger partial charge in [0.2, 0.25) is 0 Å². The highest BCUT2D eigenvalue weighted by Crippen LogP contribution is 2.26. The van der Waals surface area contributed by atoms with Gasteiger partial charge in [-0.3, -0.25) is 9.48 Å². The molecule has 0 saturated carbocycles. The van der Waals surface area contributed by atoms with Crippen LogP contribution in [0.2, 0.25) is 5.02 Å². The molecule has 0 aliphatic carbocycles. The Kier molecular flexibility index (Phi) is 5.08. The van der Waals surface area contributed by atoms with Gasteiger partial charge >= 0.3 is 0 Å². The number of nitrogens with two attached hydrogens (primary N) is 1. The number of nitrogens with zero attached hydrogens (tertiary/aromatic N) is 3. The summed E-state index contributed by atoms with van der Waals surface area (Å²) in [6.07, 6.45) is 1.83. The lowest BCUT2D eigenvalue weighted by molar-refractivity contribution is 0.0502. The molecule has 3 rings (SSSR count). The molecule has 0 unspecified atom stereocenters. The number of rotatable bonds is 2. The summed E-state index contributed by atoms with van der Waals surface area (Å²) < 4.78 is 1.80. The Morgan fingerprint density at radius 1 is 1.32 bits per heavy atom. The van der Waals surface area contributed by atoms with Crippen LogP contribution < -0.4 is 5.73 Å². The molecule has 0 radical (unpaired) electrons. The molecule has 0 spiro atoms. The lowest BCUT2D eigenvalue weighted by atomic mass is 10.1. The summed E-state index contributed by atoms with van der Waals surface area (Å²) in [6, 6.07) is 7.42. The summed E-state index contributed by atoms with van der Waals surface area (Å²) in [4.78, 5) is 14.1. The van der Waals surface area contributed by atoms with Crippen molar-refractivity contribution in [1.82, 2.24) is 14.7 Å². The lowest BCUT2D eigenvalue weighted by Gasteiger charge is -2.39. The van der Waals surface area contributed by atoms with Crippen LogP contribution in [0, 0.1) is 6.92 Å². The summed E-state index contributed by atoms with van der Waals surface area (Å²) in [7, 11) is 0. The number of hydrogen-bond acceptors (Lipinski definition) is 3. The van der Waals surface area contributed by atoms with E-state index in [4.69, 9.17) is 17.3 Å². The first-order chi connectivity index (χ1) is 10.5. The SMILES string of the molecule is CC.Cc1ccc(C(=O)N2CC(n3ccc(N)n3)C2)c(Cl)c1. The van der Waals surface area contributed by atoms with E-state index >= 15 is 0 Å². The third kappa shape index (κ3) is 3.25. The Labute approximate surface area is 135 Å². The maximum absolute atomic E-state index is 12.3. The molecule has 1 aliphatic heterocycles. The van der Waals surface area contributed by atoms with Gasteiger partial charge in [0.25, 0.3) is 5.91 Å². The van der Waals surface area contributed by atoms with Crippen molar-refractivity contribution < 1.29 is 4.79 Å². The minimum Gasteiger partial charge on any atom is -0.382 e. The zero-order chi connectivity index (χ0) is 16.3. The number of aryl methyl sites for hydroxylation is 1. The molecule has 0 atom stereocenters. The largest absolute Gasteiger partial charge is 0.382 e. The Hall–Kier alpha value is -2.01. The molecule has 1 aliphatic rings. The van der Waals surface area contributed by atoms with Crippen LogP contribution in [0.3, 0.4) is 0 Å². The molecular formula is C16H21ClN4O. The number of benzene rings is 1. The minimum atomic E-state index is -0.0358. The van der Waals surface area contributed by atoms with Gasteiger partial charge in [-0.1, -0.05) is 31.5 Å². The van der Waals surface area contributed by atoms with Crippen LogP contribution in [-0.2, 0) is 0 Å². The average molecular weight is 321 g/mol. The van der Waals surface area contributed by atoms with E-state index in [-0.39, 0.29) is 11.9 Å². The van der Waals surface area contributed by atoms with Crippen molar-refractivity contribution in [2.75, 3.05) is 18.8 Å². The highest BCUT2D eigenvalue weighted by molar-refractivity contribution is 6.33. The molecule has 118 valence electrons. The Morgan fingerprint density at radius 2 is 2.00 bits per heavy atom. The van der Waals surface area contributed by atoms with Gasteiger partial charge in [0.1, 0.15) is 5.82 Å². The summed E-state index contributed by atoms with van der Waals surface area (Å²) in [5, 5.41) is 4.66. The Morgan fingerprint density at radius 3 is 2.55 bits per heavy atom. The second-order valence-corrected chi connectivity index (χ2v) is 5.48. The van der Waals surface area contributed by atoms with E-state index in [9.17, 15) is 4.79 Å². The molecule has 1 saturated heterocycles. The number of halogens is 1. The fourth-order valence-corrected chi connectivity index (χ4v) is 2.62. The molecule has 6 heteroatoms. The van der Waals surface area contributed by atoms with Crippen molar-refractivity contribution in [1.29, 1.82) is 0 Å². The first-order valence-corrected chi connectivity index (χ1v) is 7.78. The van der Waals surface area contributed by atoms with Gasteiger partial charge < -0.3 is 10.6 Å². The third-order valence-corrected chi connectivity index (χ3v) is 3.82. The number of aromatic nitrogens is 2. The van der Waals surface area contributed by atoms with E-state index in [0.717, 1.165) is 5.56 Å². The highest BCUT2D eigenvalue weighted by Gasteiger charge is 2.33. The van der Waals surface area contributed by atoms with Crippen LogP contribution >= 0.6 is 11.6 Å². The maximum Gasteiger partial charge on any atom is 0.255 e. The molecule has 1 fully saturated rings. The molecular weight excluding hydrogens is 300 g/mol. The lowest BCUT2D eigenvalue weighted by Crippen LogP contribution is -2.50. The summed E-state index contributed by atoms with van der Waals surface area (Å²) in [5.41, 5.74) is 7.18. The zero-order valence-corrected chi connectivity index (χ0v) is 13.8. The van der Waals surface area contributed by atoms with Gasteiger partial charge in [-0.15, -0.1) is 0 Å². The molecule has 22 heavy (non-hydrogen) atoms. The fourth-order valence-electron chi connectivity index (χ4n) is 2.31. The number of anilines is 1. The van der Waals surface area contributed by atoms with Gasteiger partial charge in [-0.2, -0.15) is 5.10 Å². The minimum absolute atomic E-state index is 0.0358. The smallest absolute Gasteiger partial charge is 0.255 e. The predicted octanol–water partition coefficient (Wildman–Crippen LogP) is 3.15. The van der Waals surface area contributed by atoms with Gasteiger partial charge in [0.05, 0.1) is 16.6 Å². The van der Waals surface area contributed by atoms with E-state index < -0.39 is 0 Å². The number of nitrogen functional groups attached to an aromatic ring is 1. The molecule has 0 bridgehead atoms. The first-order valence-electron chi connectivity index (χ1n) is 7.40. The number of likely N-dealkylation sites (tertiary alicyclic amines) is 1. The van der Waals surface area contributed by atoms with E-state index in [2.05, 4.69) is 5.10 Å². The Balaban J connectivity index is 0.000000847. The van der Waals surface area contributed by atoms with Crippen LogP contribution in [0.15, 0.2) is 30.5 Å². The van der Waals surface area contributed by atoms with Crippen molar-refractivity contribution in [2.45, 2.75) is 26.8 Å². The molecule has 1 amide bonds. The standard InChI is InChI=1S/C14H15ClN4O.C2H6/c1-9-2-3-11(12(15)6-9)14(20)18-7-10(8-18)19-5-4-13(16)17-19;1-2/h2-6,10H,7-8H2,1H3,(H2,16,17);1-2H3. The van der Waals surface area contributed by atoms with Crippen molar-refractivity contribution in [3.63, 3.8) is 0 Å². The highest BCUT2D eigenvalue weighted by atomic mass is 35.5. The summed E-state index contributed by atoms with van der Waals surface area (Å²) in [5.74, 6) is 0.461. The third-order valence-electron chi connectivity index (χ3n) is 3.51. The van der Waals surface area contributed by atoms with Crippen molar-refractivity contribution in [3.05, 3.63) is 46.6 Å². The van der Waals surface area contributed by atoms with Gasteiger partial charge in [-0.25, -0.2) is 0 Å². The van der Waals surface area contributed by atoms with Crippen LogP contribution in [0.5, 0.6) is 0 Å². The second-order valence-electron chi connectivity index (χ2n) is 5.07. The number of hydrogen-bond donors (Lipinski definition) is 1. The fraction of sp³-hybridized carbons (Fsp3) is 0.375. The van der Waals surface area contributed by atoms with Crippen LogP contribution in [-0.4, -0.2) is 33.7 Å². The van der Waals surface area contributed by atoms with Gasteiger partial charge in [-0.05, 0) is 30.7 Å². The molecule has 2 heterocycles. The van der Waals surface area contributed by atoms with E-state index in [1.165, 1.54) is 0 Å².